The second-order valence-corrected chi connectivity index (χ2v) is 6.66. The van der Waals surface area contributed by atoms with E-state index in [1.807, 2.05) is 6.92 Å². The Morgan fingerprint density at radius 3 is 2.83 bits per heavy atom. The Morgan fingerprint density at radius 2 is 2.17 bits per heavy atom. The molecule has 0 radical (unpaired) electrons. The highest BCUT2D eigenvalue weighted by Gasteiger charge is 2.19. The van der Waals surface area contributed by atoms with Crippen LogP contribution in [0.15, 0.2) is 24.3 Å². The van der Waals surface area contributed by atoms with Crippen LogP contribution in [0.5, 0.6) is 5.75 Å². The maximum atomic E-state index is 10.1. The molecule has 1 fully saturated rings. The maximum Gasteiger partial charge on any atom is 0.190 e. The molecule has 2 aromatic rings. The molecule has 5 nitrogen and oxygen atoms in total. The van der Waals surface area contributed by atoms with Gasteiger partial charge in [0.15, 0.2) is 5.69 Å². The topological polar surface area (TPSA) is 53.6 Å². The van der Waals surface area contributed by atoms with Crippen molar-refractivity contribution in [3.63, 3.8) is 0 Å². The normalized spacial score (nSPS) is 18.3. The van der Waals surface area contributed by atoms with Crippen molar-refractivity contribution in [2.24, 2.45) is 5.92 Å². The summed E-state index contributed by atoms with van der Waals surface area (Å²) in [5.74, 6) is 0.706. The highest BCUT2D eigenvalue weighted by atomic mass is 16.3. The van der Waals surface area contributed by atoms with E-state index in [-0.39, 0.29) is 5.75 Å². The van der Waals surface area contributed by atoms with Gasteiger partial charge in [0.2, 0.25) is 0 Å². The molecule has 5 heteroatoms. The molecule has 1 aromatic carbocycles. The third kappa shape index (κ3) is 3.55. The standard InChI is InChI=1S/C19H22N4O/c1-13-9-16(10-14-5-4-8-23(3)12-14)21-22-19(13)17-7-6-15(20-2)11-18(17)24/h6-7,9,11,14,24H,4-5,8,10,12H2,1,3H3. The summed E-state index contributed by atoms with van der Waals surface area (Å²) in [5.41, 5.74) is 3.72. The molecule has 2 heterocycles. The number of piperidine rings is 1. The van der Waals surface area contributed by atoms with Crippen LogP contribution < -0.4 is 0 Å². The van der Waals surface area contributed by atoms with Crippen LogP contribution in [0, 0.1) is 19.4 Å². The van der Waals surface area contributed by atoms with Crippen molar-refractivity contribution in [3.05, 3.63) is 46.9 Å². The Morgan fingerprint density at radius 1 is 1.33 bits per heavy atom. The van der Waals surface area contributed by atoms with E-state index >= 15 is 0 Å². The summed E-state index contributed by atoms with van der Waals surface area (Å²) < 4.78 is 0. The number of phenols is 1. The molecule has 1 aliphatic rings. The van der Waals surface area contributed by atoms with E-state index in [4.69, 9.17) is 6.57 Å². The zero-order valence-electron chi connectivity index (χ0n) is 14.2. The van der Waals surface area contributed by atoms with Gasteiger partial charge in [0.05, 0.1) is 18.0 Å². The summed E-state index contributed by atoms with van der Waals surface area (Å²) in [6.07, 6.45) is 3.43. The van der Waals surface area contributed by atoms with Crippen molar-refractivity contribution >= 4 is 5.69 Å². The summed E-state index contributed by atoms with van der Waals surface area (Å²) >= 11 is 0. The van der Waals surface area contributed by atoms with Gasteiger partial charge in [0.25, 0.3) is 0 Å². The smallest absolute Gasteiger partial charge is 0.190 e. The molecule has 1 atom stereocenters. The Kier molecular flexibility index (Phi) is 4.77. The Hall–Kier alpha value is -2.45. The monoisotopic (exact) mass is 322 g/mol. The van der Waals surface area contributed by atoms with Gasteiger partial charge in [-0.1, -0.05) is 12.1 Å². The SMILES string of the molecule is [C-]#[N+]c1ccc(-c2nnc(CC3CCCN(C)C3)cc2C)c(O)c1. The largest absolute Gasteiger partial charge is 0.509 e. The summed E-state index contributed by atoms with van der Waals surface area (Å²) in [4.78, 5) is 5.70. The molecule has 24 heavy (non-hydrogen) atoms. The zero-order valence-corrected chi connectivity index (χ0v) is 14.2. The maximum absolute atomic E-state index is 10.1. The van der Waals surface area contributed by atoms with Crippen LogP contribution in [0.1, 0.15) is 24.1 Å². The highest BCUT2D eigenvalue weighted by Crippen LogP contribution is 2.33. The van der Waals surface area contributed by atoms with E-state index in [0.717, 1.165) is 24.2 Å². The number of benzene rings is 1. The van der Waals surface area contributed by atoms with Crippen LogP contribution in [0.4, 0.5) is 5.69 Å². The van der Waals surface area contributed by atoms with Crippen LogP contribution in [-0.4, -0.2) is 40.3 Å². The summed E-state index contributed by atoms with van der Waals surface area (Å²) in [6.45, 7) is 11.3. The molecule has 1 aromatic heterocycles. The van der Waals surface area contributed by atoms with Gasteiger partial charge in [-0.3, -0.25) is 0 Å². The van der Waals surface area contributed by atoms with E-state index < -0.39 is 0 Å². The minimum absolute atomic E-state index is 0.0718. The number of hydrogen-bond donors (Lipinski definition) is 1. The van der Waals surface area contributed by atoms with Crippen molar-refractivity contribution in [2.75, 3.05) is 20.1 Å². The van der Waals surface area contributed by atoms with E-state index in [2.05, 4.69) is 33.1 Å². The first kappa shape index (κ1) is 16.4. The lowest BCUT2D eigenvalue weighted by Gasteiger charge is -2.29. The van der Waals surface area contributed by atoms with Crippen LogP contribution in [-0.2, 0) is 6.42 Å². The first-order valence-corrected chi connectivity index (χ1v) is 8.29. The molecule has 0 amide bonds. The van der Waals surface area contributed by atoms with Crippen molar-refractivity contribution in [2.45, 2.75) is 26.2 Å². The van der Waals surface area contributed by atoms with Gasteiger partial charge < -0.3 is 10.0 Å². The van der Waals surface area contributed by atoms with Crippen molar-refractivity contribution < 1.29 is 5.11 Å². The number of aromatic hydroxyl groups is 1. The molecule has 0 spiro atoms. The number of hydrogen-bond acceptors (Lipinski definition) is 4. The van der Waals surface area contributed by atoms with E-state index in [0.29, 0.717) is 22.9 Å². The Labute approximate surface area is 142 Å². The third-order valence-electron chi connectivity index (χ3n) is 4.62. The lowest BCUT2D eigenvalue weighted by atomic mass is 9.93. The fraction of sp³-hybridized carbons (Fsp3) is 0.421. The fourth-order valence-corrected chi connectivity index (χ4v) is 3.43. The van der Waals surface area contributed by atoms with Crippen LogP contribution in [0.25, 0.3) is 16.1 Å². The number of likely N-dealkylation sites (tertiary alicyclic amines) is 1. The molecule has 0 saturated carbocycles. The van der Waals surface area contributed by atoms with E-state index in [1.54, 1.807) is 12.1 Å². The number of phenolic OH excluding ortho intramolecular Hbond substituents is 1. The lowest BCUT2D eigenvalue weighted by molar-refractivity contribution is 0.208. The third-order valence-corrected chi connectivity index (χ3v) is 4.62. The highest BCUT2D eigenvalue weighted by molar-refractivity contribution is 5.72. The predicted octanol–water partition coefficient (Wildman–Crippen LogP) is 3.59. The first-order valence-electron chi connectivity index (χ1n) is 8.29. The molecule has 124 valence electrons. The van der Waals surface area contributed by atoms with Gasteiger partial charge in [-0.2, -0.15) is 5.10 Å². The summed E-state index contributed by atoms with van der Waals surface area (Å²) in [5, 5.41) is 18.9. The minimum atomic E-state index is 0.0718. The van der Waals surface area contributed by atoms with Crippen LogP contribution in [0.3, 0.4) is 0 Å². The Bertz CT molecular complexity index is 781. The second-order valence-electron chi connectivity index (χ2n) is 6.66. The number of nitrogens with zero attached hydrogens (tertiary/aromatic N) is 4. The van der Waals surface area contributed by atoms with Gasteiger partial charge in [-0.05, 0) is 63.4 Å². The lowest BCUT2D eigenvalue weighted by Crippen LogP contribution is -2.33. The first-order chi connectivity index (χ1) is 11.6. The molecular formula is C19H22N4O. The quantitative estimate of drug-likeness (QED) is 0.877. The average molecular weight is 322 g/mol. The summed E-state index contributed by atoms with van der Waals surface area (Å²) in [7, 11) is 2.17. The van der Waals surface area contributed by atoms with Gasteiger partial charge in [0.1, 0.15) is 5.75 Å². The molecular weight excluding hydrogens is 300 g/mol. The molecule has 1 aliphatic heterocycles. The van der Waals surface area contributed by atoms with Gasteiger partial charge in [-0.15, -0.1) is 5.10 Å². The molecule has 0 aliphatic carbocycles. The zero-order chi connectivity index (χ0) is 17.1. The van der Waals surface area contributed by atoms with Crippen LogP contribution >= 0.6 is 0 Å². The van der Waals surface area contributed by atoms with E-state index in [9.17, 15) is 5.11 Å². The van der Waals surface area contributed by atoms with Crippen molar-refractivity contribution in [1.82, 2.24) is 15.1 Å². The number of rotatable bonds is 3. The molecule has 3 rings (SSSR count). The molecule has 1 saturated heterocycles. The van der Waals surface area contributed by atoms with E-state index in [1.165, 1.54) is 25.5 Å². The minimum Gasteiger partial charge on any atom is -0.509 e. The van der Waals surface area contributed by atoms with Gasteiger partial charge >= 0.3 is 0 Å². The predicted molar refractivity (Wildman–Crippen MR) is 94.1 cm³/mol. The summed E-state index contributed by atoms with van der Waals surface area (Å²) in [6, 6.07) is 6.96. The van der Waals surface area contributed by atoms with Gasteiger partial charge in [-0.25, -0.2) is 4.85 Å². The van der Waals surface area contributed by atoms with Crippen LogP contribution in [0.2, 0.25) is 0 Å². The molecule has 1 N–H and O–H groups in total. The van der Waals surface area contributed by atoms with Crippen molar-refractivity contribution in [1.29, 1.82) is 0 Å². The van der Waals surface area contributed by atoms with Crippen molar-refractivity contribution in [3.8, 4) is 17.0 Å². The average Bonchev–Trinajstić information content (AvgIpc) is 2.55. The Balaban J connectivity index is 1.81. The fourth-order valence-electron chi connectivity index (χ4n) is 3.43. The number of aromatic nitrogens is 2. The molecule has 1 unspecified atom stereocenters. The second kappa shape index (κ2) is 6.98. The number of aryl methyl sites for hydroxylation is 1. The molecule has 0 bridgehead atoms. The van der Waals surface area contributed by atoms with Gasteiger partial charge in [0, 0.05) is 12.1 Å².